The fraction of sp³-hybridized carbons (Fsp3) is 0.500. The number of aryl methyl sites for hydroxylation is 1. The first kappa shape index (κ1) is 25.0. The van der Waals surface area contributed by atoms with Gasteiger partial charge in [-0.15, -0.1) is 11.3 Å². The van der Waals surface area contributed by atoms with Crippen LogP contribution in [0.5, 0.6) is 0 Å². The van der Waals surface area contributed by atoms with Crippen molar-refractivity contribution in [1.82, 2.24) is 15.5 Å². The minimum atomic E-state index is -0.361. The van der Waals surface area contributed by atoms with E-state index >= 15 is 0 Å². The molecule has 1 fully saturated rings. The maximum absolute atomic E-state index is 12.7. The summed E-state index contributed by atoms with van der Waals surface area (Å²) in [6.07, 6.45) is 5.60. The largest absolute Gasteiger partial charge is 0.462 e. The molecule has 2 aromatic rings. The van der Waals surface area contributed by atoms with Crippen LogP contribution >= 0.6 is 11.3 Å². The number of amides is 4. The molecule has 0 atom stereocenters. The van der Waals surface area contributed by atoms with Gasteiger partial charge in [-0.05, 0) is 62.5 Å². The number of ether oxygens (including phenoxy) is 1. The zero-order chi connectivity index (χ0) is 24.6. The van der Waals surface area contributed by atoms with E-state index in [1.165, 1.54) is 16.2 Å². The fourth-order valence-corrected chi connectivity index (χ4v) is 5.96. The minimum Gasteiger partial charge on any atom is -0.462 e. The van der Waals surface area contributed by atoms with Crippen molar-refractivity contribution in [3.8, 4) is 0 Å². The molecule has 9 heteroatoms. The summed E-state index contributed by atoms with van der Waals surface area (Å²) in [6.45, 7) is 4.47. The van der Waals surface area contributed by atoms with Crippen molar-refractivity contribution in [3.05, 3.63) is 51.9 Å². The van der Waals surface area contributed by atoms with Gasteiger partial charge >= 0.3 is 18.0 Å². The molecule has 4 amide bonds. The summed E-state index contributed by atoms with van der Waals surface area (Å²) in [4.78, 5) is 40.7. The molecule has 1 aliphatic carbocycles. The molecule has 8 nitrogen and oxygen atoms in total. The fourth-order valence-electron chi connectivity index (χ4n) is 4.68. The first-order chi connectivity index (χ1) is 17.0. The molecule has 2 aliphatic rings. The SMILES string of the molecule is CCOC(=O)c1c(NC(=O)NCC2CCN(C(=O)NCc3ccccc3)CC2)sc2c1CCCC2. The number of urea groups is 2. The number of rotatable bonds is 7. The first-order valence-corrected chi connectivity index (χ1v) is 13.3. The van der Waals surface area contributed by atoms with Crippen LogP contribution in [-0.4, -0.2) is 49.2 Å². The van der Waals surface area contributed by atoms with Crippen LogP contribution in [0.2, 0.25) is 0 Å². The van der Waals surface area contributed by atoms with Crippen LogP contribution in [0.15, 0.2) is 30.3 Å². The Kier molecular flexibility index (Phi) is 8.63. The van der Waals surface area contributed by atoms with Crippen LogP contribution in [0.4, 0.5) is 14.6 Å². The Hall–Kier alpha value is -3.07. The topological polar surface area (TPSA) is 99.8 Å². The van der Waals surface area contributed by atoms with Crippen molar-refractivity contribution in [2.45, 2.75) is 52.0 Å². The third-order valence-corrected chi connectivity index (χ3v) is 7.82. The third kappa shape index (κ3) is 6.54. The number of nitrogens with one attached hydrogen (secondary N) is 3. The molecule has 1 aromatic carbocycles. The molecule has 2 heterocycles. The highest BCUT2D eigenvalue weighted by atomic mass is 32.1. The number of piperidine rings is 1. The molecular weight excluding hydrogens is 464 g/mol. The van der Waals surface area contributed by atoms with Crippen molar-refractivity contribution in [2.75, 3.05) is 31.6 Å². The van der Waals surface area contributed by atoms with Gasteiger partial charge in [-0.3, -0.25) is 5.32 Å². The summed E-state index contributed by atoms with van der Waals surface area (Å²) >= 11 is 1.49. The number of fused-ring (bicyclic) bond motifs is 1. The highest BCUT2D eigenvalue weighted by molar-refractivity contribution is 7.17. The van der Waals surface area contributed by atoms with E-state index in [1.54, 1.807) is 6.92 Å². The molecule has 1 aliphatic heterocycles. The molecule has 4 rings (SSSR count). The Morgan fingerprint density at radius 2 is 1.80 bits per heavy atom. The zero-order valence-electron chi connectivity index (χ0n) is 20.2. The Morgan fingerprint density at radius 1 is 1.06 bits per heavy atom. The quantitative estimate of drug-likeness (QED) is 0.488. The minimum absolute atomic E-state index is 0.0498. The summed E-state index contributed by atoms with van der Waals surface area (Å²) in [6, 6.07) is 9.50. The lowest BCUT2D eigenvalue weighted by atomic mass is 9.95. The van der Waals surface area contributed by atoms with Crippen molar-refractivity contribution >= 4 is 34.4 Å². The molecule has 0 radical (unpaired) electrons. The van der Waals surface area contributed by atoms with E-state index in [0.29, 0.717) is 49.3 Å². The van der Waals surface area contributed by atoms with Gasteiger partial charge in [0.25, 0.3) is 0 Å². The van der Waals surface area contributed by atoms with Gasteiger partial charge in [-0.25, -0.2) is 14.4 Å². The van der Waals surface area contributed by atoms with Crippen molar-refractivity contribution in [1.29, 1.82) is 0 Å². The van der Waals surface area contributed by atoms with E-state index in [-0.39, 0.29) is 18.0 Å². The molecule has 0 spiro atoms. The van der Waals surface area contributed by atoms with E-state index in [4.69, 9.17) is 4.74 Å². The summed E-state index contributed by atoms with van der Waals surface area (Å²) < 4.78 is 5.26. The number of nitrogens with zero attached hydrogens (tertiary/aromatic N) is 1. The van der Waals surface area contributed by atoms with E-state index < -0.39 is 0 Å². The smallest absolute Gasteiger partial charge is 0.341 e. The lowest BCUT2D eigenvalue weighted by Crippen LogP contribution is -2.46. The maximum atomic E-state index is 12.7. The Labute approximate surface area is 210 Å². The van der Waals surface area contributed by atoms with Gasteiger partial charge in [0.1, 0.15) is 5.00 Å². The number of esters is 1. The monoisotopic (exact) mass is 498 g/mol. The van der Waals surface area contributed by atoms with Crippen LogP contribution < -0.4 is 16.0 Å². The van der Waals surface area contributed by atoms with Gasteiger partial charge in [0, 0.05) is 31.1 Å². The molecule has 1 aromatic heterocycles. The van der Waals surface area contributed by atoms with E-state index in [1.807, 2.05) is 35.2 Å². The number of carbonyl (C=O) groups is 3. The molecular formula is C26H34N4O4S. The van der Waals surface area contributed by atoms with E-state index in [9.17, 15) is 14.4 Å². The van der Waals surface area contributed by atoms with Gasteiger partial charge in [-0.1, -0.05) is 30.3 Å². The number of carbonyl (C=O) groups excluding carboxylic acids is 3. The van der Waals surface area contributed by atoms with Crippen LogP contribution in [0.1, 0.15) is 59.0 Å². The van der Waals surface area contributed by atoms with Gasteiger partial charge in [0.15, 0.2) is 0 Å². The van der Waals surface area contributed by atoms with Crippen molar-refractivity contribution in [2.24, 2.45) is 5.92 Å². The van der Waals surface area contributed by atoms with Crippen LogP contribution in [-0.2, 0) is 24.1 Å². The highest BCUT2D eigenvalue weighted by Gasteiger charge is 2.28. The number of benzene rings is 1. The van der Waals surface area contributed by atoms with Gasteiger partial charge in [0.2, 0.25) is 0 Å². The van der Waals surface area contributed by atoms with Gasteiger partial charge < -0.3 is 20.3 Å². The van der Waals surface area contributed by atoms with Crippen LogP contribution in [0, 0.1) is 5.92 Å². The molecule has 0 saturated carbocycles. The second kappa shape index (κ2) is 12.1. The third-order valence-electron chi connectivity index (χ3n) is 6.62. The molecule has 0 unspecified atom stereocenters. The van der Waals surface area contributed by atoms with Crippen LogP contribution in [0.25, 0.3) is 0 Å². The lowest BCUT2D eigenvalue weighted by Gasteiger charge is -2.32. The number of likely N-dealkylation sites (tertiary alicyclic amines) is 1. The van der Waals surface area contributed by atoms with E-state index in [2.05, 4.69) is 16.0 Å². The summed E-state index contributed by atoms with van der Waals surface area (Å²) in [5.41, 5.74) is 2.63. The number of hydrogen-bond donors (Lipinski definition) is 3. The second-order valence-corrected chi connectivity index (χ2v) is 10.2. The zero-order valence-corrected chi connectivity index (χ0v) is 21.0. The van der Waals surface area contributed by atoms with Gasteiger partial charge in [-0.2, -0.15) is 0 Å². The normalized spacial score (nSPS) is 15.7. The molecule has 188 valence electrons. The standard InChI is InChI=1S/C26H34N4O4S/c1-2-34-24(31)22-20-10-6-7-11-21(20)35-23(22)29-25(32)27-16-19-12-14-30(15-13-19)26(33)28-17-18-8-4-3-5-9-18/h3-5,8-9,19H,2,6-7,10-17H2,1H3,(H,28,33)(H2,27,29,32). The predicted octanol–water partition coefficient (Wildman–Crippen LogP) is 4.55. The average molecular weight is 499 g/mol. The maximum Gasteiger partial charge on any atom is 0.341 e. The first-order valence-electron chi connectivity index (χ1n) is 12.5. The predicted molar refractivity (Wildman–Crippen MR) is 137 cm³/mol. The Morgan fingerprint density at radius 3 is 2.54 bits per heavy atom. The molecule has 3 N–H and O–H groups in total. The average Bonchev–Trinajstić information content (AvgIpc) is 3.25. The number of hydrogen-bond acceptors (Lipinski definition) is 5. The Bertz CT molecular complexity index is 1030. The van der Waals surface area contributed by atoms with Gasteiger partial charge in [0.05, 0.1) is 12.2 Å². The number of thiophene rings is 1. The van der Waals surface area contributed by atoms with Crippen molar-refractivity contribution in [3.63, 3.8) is 0 Å². The second-order valence-electron chi connectivity index (χ2n) is 9.05. The summed E-state index contributed by atoms with van der Waals surface area (Å²) in [7, 11) is 0. The van der Waals surface area contributed by atoms with E-state index in [0.717, 1.165) is 49.7 Å². The van der Waals surface area contributed by atoms with Crippen LogP contribution in [0.3, 0.4) is 0 Å². The summed E-state index contributed by atoms with van der Waals surface area (Å²) in [5.74, 6) is -0.0555. The molecule has 1 saturated heterocycles. The lowest BCUT2D eigenvalue weighted by molar-refractivity contribution is 0.0526. The Balaban J connectivity index is 1.23. The summed E-state index contributed by atoms with van der Waals surface area (Å²) in [5, 5.41) is 9.41. The molecule has 0 bridgehead atoms. The molecule has 35 heavy (non-hydrogen) atoms. The highest BCUT2D eigenvalue weighted by Crippen LogP contribution is 2.38. The van der Waals surface area contributed by atoms with Crippen molar-refractivity contribution < 1.29 is 19.1 Å². The number of anilines is 1.